The van der Waals surface area contributed by atoms with E-state index < -0.39 is 21.8 Å². The maximum Gasteiger partial charge on any atom is 0.416 e. The second kappa shape index (κ2) is 10.1. The van der Waals surface area contributed by atoms with Gasteiger partial charge in [-0.1, -0.05) is 0 Å². The van der Waals surface area contributed by atoms with Crippen LogP contribution >= 0.6 is 0 Å². The van der Waals surface area contributed by atoms with E-state index in [4.69, 9.17) is 4.74 Å². The average Bonchev–Trinajstić information content (AvgIpc) is 3.56. The summed E-state index contributed by atoms with van der Waals surface area (Å²) in [5.74, 6) is 1.09. The van der Waals surface area contributed by atoms with Gasteiger partial charge < -0.3 is 9.64 Å². The third-order valence-corrected chi connectivity index (χ3v) is 7.60. The third kappa shape index (κ3) is 6.37. The van der Waals surface area contributed by atoms with Gasteiger partial charge in [-0.05, 0) is 80.8 Å². The third-order valence-electron chi connectivity index (χ3n) is 6.06. The molecule has 10 heteroatoms. The quantitative estimate of drug-likeness (QED) is 0.396. The first-order valence-electron chi connectivity index (χ1n) is 11.3. The summed E-state index contributed by atoms with van der Waals surface area (Å²) >= 11 is 0. The Hall–Kier alpha value is -2.43. The molecule has 0 aromatic heterocycles. The molecule has 0 bridgehead atoms. The van der Waals surface area contributed by atoms with Crippen LogP contribution in [0.1, 0.15) is 41.6 Å². The number of ketones is 1. The molecular formula is C24H27F3N2O4S. The summed E-state index contributed by atoms with van der Waals surface area (Å²) in [4.78, 5) is 14.0. The molecule has 1 saturated carbocycles. The molecule has 1 heterocycles. The zero-order valence-corrected chi connectivity index (χ0v) is 19.4. The standard InChI is InChI=1S/C24H27F3N2O4S/c25-24(26,27)19-6-10-22(11-7-19)34(31,32)28-20-12-14-29(16-20)13-1-15-33-21-8-4-18(5-9-21)23(30)17-2-3-17/h4-11,17,20,28H,1-3,12-16H2/t20-/m1/s1. The van der Waals surface area contributed by atoms with Gasteiger partial charge in [0.1, 0.15) is 5.75 Å². The van der Waals surface area contributed by atoms with Crippen LogP contribution in [0.5, 0.6) is 5.75 Å². The number of likely N-dealkylation sites (tertiary alicyclic amines) is 1. The van der Waals surface area contributed by atoms with Gasteiger partial charge in [0, 0.05) is 30.6 Å². The van der Waals surface area contributed by atoms with E-state index in [0.717, 1.165) is 62.2 Å². The van der Waals surface area contributed by atoms with Crippen LogP contribution in [-0.4, -0.2) is 51.4 Å². The van der Waals surface area contributed by atoms with E-state index in [1.807, 2.05) is 0 Å². The van der Waals surface area contributed by atoms with Crippen LogP contribution in [0.2, 0.25) is 0 Å². The van der Waals surface area contributed by atoms with Gasteiger partial charge in [-0.2, -0.15) is 13.2 Å². The molecular weight excluding hydrogens is 469 g/mol. The van der Waals surface area contributed by atoms with Crippen LogP contribution < -0.4 is 9.46 Å². The number of halogens is 3. The Morgan fingerprint density at radius 2 is 1.71 bits per heavy atom. The summed E-state index contributed by atoms with van der Waals surface area (Å²) in [5.41, 5.74) is -0.167. The van der Waals surface area contributed by atoms with Crippen LogP contribution in [0.15, 0.2) is 53.4 Å². The summed E-state index contributed by atoms with van der Waals surface area (Å²) in [6, 6.07) is 10.4. The number of benzene rings is 2. The molecule has 2 aliphatic rings. The van der Waals surface area contributed by atoms with Gasteiger partial charge in [-0.3, -0.25) is 4.79 Å². The van der Waals surface area contributed by atoms with Crippen LogP contribution in [0.4, 0.5) is 13.2 Å². The number of nitrogens with zero attached hydrogens (tertiary/aromatic N) is 1. The zero-order valence-electron chi connectivity index (χ0n) is 18.6. The summed E-state index contributed by atoms with van der Waals surface area (Å²) in [6.07, 6.45) is -1.18. The number of hydrogen-bond acceptors (Lipinski definition) is 5. The highest BCUT2D eigenvalue weighted by atomic mass is 32.2. The van der Waals surface area contributed by atoms with Crippen molar-refractivity contribution in [2.24, 2.45) is 5.92 Å². The molecule has 1 N–H and O–H groups in total. The first kappa shape index (κ1) is 24.7. The minimum absolute atomic E-state index is 0.183. The Bertz CT molecular complexity index is 1100. The molecule has 2 fully saturated rings. The zero-order chi connectivity index (χ0) is 24.3. The van der Waals surface area contributed by atoms with Crippen molar-refractivity contribution in [1.29, 1.82) is 0 Å². The fraction of sp³-hybridized carbons (Fsp3) is 0.458. The molecule has 0 unspecified atom stereocenters. The number of Topliss-reactive ketones (excluding diaryl/α,β-unsaturated/α-hetero) is 1. The van der Waals surface area contributed by atoms with E-state index in [1.165, 1.54) is 0 Å². The van der Waals surface area contributed by atoms with Crippen molar-refractivity contribution in [2.45, 2.75) is 42.8 Å². The lowest BCUT2D eigenvalue weighted by atomic mass is 10.1. The van der Waals surface area contributed by atoms with Crippen molar-refractivity contribution in [3.63, 3.8) is 0 Å². The Morgan fingerprint density at radius 1 is 1.03 bits per heavy atom. The molecule has 4 rings (SSSR count). The molecule has 34 heavy (non-hydrogen) atoms. The molecule has 1 saturated heterocycles. The van der Waals surface area contributed by atoms with Crippen molar-refractivity contribution in [1.82, 2.24) is 9.62 Å². The van der Waals surface area contributed by atoms with Gasteiger partial charge in [-0.25, -0.2) is 13.1 Å². The molecule has 0 spiro atoms. The molecule has 1 aliphatic heterocycles. The maximum atomic E-state index is 12.7. The number of nitrogens with one attached hydrogen (secondary N) is 1. The van der Waals surface area contributed by atoms with Gasteiger partial charge >= 0.3 is 6.18 Å². The molecule has 1 atom stereocenters. The summed E-state index contributed by atoms with van der Waals surface area (Å²) in [7, 11) is -3.89. The Kier molecular flexibility index (Phi) is 7.30. The monoisotopic (exact) mass is 496 g/mol. The van der Waals surface area contributed by atoms with E-state index in [-0.39, 0.29) is 22.6 Å². The van der Waals surface area contributed by atoms with Crippen molar-refractivity contribution >= 4 is 15.8 Å². The fourth-order valence-corrected chi connectivity index (χ4v) is 5.28. The lowest BCUT2D eigenvalue weighted by Crippen LogP contribution is -2.37. The first-order chi connectivity index (χ1) is 16.1. The van der Waals surface area contributed by atoms with Gasteiger partial charge in [0.25, 0.3) is 0 Å². The largest absolute Gasteiger partial charge is 0.494 e. The smallest absolute Gasteiger partial charge is 0.416 e. The van der Waals surface area contributed by atoms with E-state index in [2.05, 4.69) is 9.62 Å². The molecule has 2 aromatic carbocycles. The SMILES string of the molecule is O=C(c1ccc(OCCCN2CC[C@@H](NS(=O)(=O)c3ccc(C(F)(F)F)cc3)C2)cc1)C1CC1. The lowest BCUT2D eigenvalue weighted by Gasteiger charge is -2.17. The van der Waals surface area contributed by atoms with E-state index in [9.17, 15) is 26.4 Å². The fourth-order valence-electron chi connectivity index (χ4n) is 4.02. The molecule has 184 valence electrons. The van der Waals surface area contributed by atoms with Gasteiger partial charge in [-0.15, -0.1) is 0 Å². The van der Waals surface area contributed by atoms with Crippen molar-refractivity contribution in [3.8, 4) is 5.75 Å². The predicted molar refractivity (Wildman–Crippen MR) is 120 cm³/mol. The lowest BCUT2D eigenvalue weighted by molar-refractivity contribution is -0.137. The number of ether oxygens (including phenoxy) is 1. The summed E-state index contributed by atoms with van der Waals surface area (Å²) in [5, 5.41) is 0. The van der Waals surface area contributed by atoms with Crippen LogP contribution in [0.3, 0.4) is 0 Å². The summed E-state index contributed by atoms with van der Waals surface area (Å²) in [6.45, 7) is 2.47. The second-order valence-corrected chi connectivity index (χ2v) is 10.5. The van der Waals surface area contributed by atoms with Crippen LogP contribution in [0.25, 0.3) is 0 Å². The van der Waals surface area contributed by atoms with Crippen LogP contribution in [-0.2, 0) is 16.2 Å². The van der Waals surface area contributed by atoms with Crippen molar-refractivity contribution < 1.29 is 31.1 Å². The Labute approximate surface area is 197 Å². The number of carbonyl (C=O) groups excluding carboxylic acids is 1. The van der Waals surface area contributed by atoms with E-state index in [0.29, 0.717) is 25.3 Å². The number of rotatable bonds is 10. The minimum Gasteiger partial charge on any atom is -0.494 e. The topological polar surface area (TPSA) is 75.7 Å². The molecule has 0 radical (unpaired) electrons. The highest BCUT2D eigenvalue weighted by Crippen LogP contribution is 2.33. The van der Waals surface area contributed by atoms with E-state index >= 15 is 0 Å². The number of sulfonamides is 1. The second-order valence-electron chi connectivity index (χ2n) is 8.79. The highest BCUT2D eigenvalue weighted by Gasteiger charge is 2.32. The number of hydrogen-bond donors (Lipinski definition) is 1. The Morgan fingerprint density at radius 3 is 2.32 bits per heavy atom. The van der Waals surface area contributed by atoms with Gasteiger partial charge in [0.2, 0.25) is 10.0 Å². The Balaban J connectivity index is 1.18. The first-order valence-corrected chi connectivity index (χ1v) is 12.8. The molecule has 0 amide bonds. The van der Waals surface area contributed by atoms with E-state index in [1.54, 1.807) is 24.3 Å². The van der Waals surface area contributed by atoms with Crippen molar-refractivity contribution in [3.05, 3.63) is 59.7 Å². The van der Waals surface area contributed by atoms with Gasteiger partial charge in [0.05, 0.1) is 17.1 Å². The van der Waals surface area contributed by atoms with Gasteiger partial charge in [0.15, 0.2) is 5.78 Å². The summed E-state index contributed by atoms with van der Waals surface area (Å²) < 4.78 is 71.5. The van der Waals surface area contributed by atoms with Crippen molar-refractivity contribution in [2.75, 3.05) is 26.2 Å². The number of alkyl halides is 3. The number of carbonyl (C=O) groups is 1. The maximum absolute atomic E-state index is 12.7. The molecule has 1 aliphatic carbocycles. The van der Waals surface area contributed by atoms with Crippen LogP contribution in [0, 0.1) is 5.92 Å². The average molecular weight is 497 g/mol. The normalized spacial score (nSPS) is 19.3. The minimum atomic E-state index is -4.51. The molecule has 6 nitrogen and oxygen atoms in total. The molecule has 2 aromatic rings. The predicted octanol–water partition coefficient (Wildman–Crippen LogP) is 4.12. The highest BCUT2D eigenvalue weighted by molar-refractivity contribution is 7.89.